The number of fused-ring (bicyclic) bond motifs is 1. The Morgan fingerprint density at radius 1 is 1.26 bits per heavy atom. The van der Waals surface area contributed by atoms with E-state index >= 15 is 0 Å². The van der Waals surface area contributed by atoms with Gasteiger partial charge in [-0.2, -0.15) is 4.31 Å². The van der Waals surface area contributed by atoms with E-state index in [1.807, 2.05) is 20.8 Å². The van der Waals surface area contributed by atoms with Gasteiger partial charge in [-0.3, -0.25) is 9.78 Å². The minimum Gasteiger partial charge on any atom is -0.487 e. The molecule has 1 aliphatic heterocycles. The molecule has 188 valence electrons. The molecule has 1 aromatic carbocycles. The highest BCUT2D eigenvalue weighted by Gasteiger charge is 2.38. The average Bonchev–Trinajstić information content (AvgIpc) is 2.84. The number of rotatable bonds is 5. The van der Waals surface area contributed by atoms with Gasteiger partial charge in [0, 0.05) is 55.0 Å². The van der Waals surface area contributed by atoms with E-state index in [4.69, 9.17) is 4.74 Å². The van der Waals surface area contributed by atoms with Gasteiger partial charge in [0.15, 0.2) is 0 Å². The van der Waals surface area contributed by atoms with Crippen LogP contribution in [0.3, 0.4) is 0 Å². The van der Waals surface area contributed by atoms with E-state index in [0.29, 0.717) is 11.1 Å². The number of carbonyl (C=O) groups is 1. The second kappa shape index (κ2) is 11.2. The number of amides is 1. The molecule has 1 N–H and O–H groups in total. The number of sulfonamides is 1. The second-order valence-electron chi connectivity index (χ2n) is 9.25. The van der Waals surface area contributed by atoms with Crippen LogP contribution in [0.5, 0.6) is 5.75 Å². The van der Waals surface area contributed by atoms with Gasteiger partial charge in [-0.25, -0.2) is 8.42 Å². The molecule has 0 fully saturated rings. The number of pyridine rings is 1. The van der Waals surface area contributed by atoms with Crippen molar-refractivity contribution in [3.05, 3.63) is 53.9 Å². The summed E-state index contributed by atoms with van der Waals surface area (Å²) in [6, 6.07) is 7.48. The lowest BCUT2D eigenvalue weighted by Crippen LogP contribution is -2.50. The largest absolute Gasteiger partial charge is 0.487 e. The smallest absolute Gasteiger partial charge is 0.253 e. The van der Waals surface area contributed by atoms with Crippen molar-refractivity contribution in [1.82, 2.24) is 14.2 Å². The monoisotopic (exact) mass is 499 g/mol. The lowest BCUT2D eigenvalue weighted by atomic mass is 10.0. The van der Waals surface area contributed by atoms with Gasteiger partial charge in [0.1, 0.15) is 16.7 Å². The van der Waals surface area contributed by atoms with Gasteiger partial charge in [0.2, 0.25) is 10.0 Å². The highest BCUT2D eigenvalue weighted by atomic mass is 32.2. The van der Waals surface area contributed by atoms with E-state index in [-0.39, 0.29) is 48.1 Å². The van der Waals surface area contributed by atoms with Crippen LogP contribution in [0.4, 0.5) is 0 Å². The fourth-order valence-electron chi connectivity index (χ4n) is 3.82. The Balaban J connectivity index is 2.02. The summed E-state index contributed by atoms with van der Waals surface area (Å²) >= 11 is 0. The number of benzene rings is 1. The van der Waals surface area contributed by atoms with Crippen LogP contribution in [0.1, 0.15) is 43.6 Å². The molecule has 0 unspecified atom stereocenters. The number of aliphatic hydroxyl groups excluding tert-OH is 1. The maximum atomic E-state index is 13.6. The number of hydrogen-bond acceptors (Lipinski definition) is 6. The Bertz CT molecular complexity index is 1200. The third-order valence-corrected chi connectivity index (χ3v) is 7.92. The molecule has 1 amide bonds. The quantitative estimate of drug-likeness (QED) is 0.635. The molecule has 8 nitrogen and oxygen atoms in total. The standard InChI is InChI=1S/C26H33N3O5S/c1-18(2)6-7-21-8-9-25-23(14-21)34-24(16-28(5)26(31)22-10-12-27-13-11-22)19(3)15-29(20(4)17-30)35(25,32)33/h8-14,18-20,24,30H,15-17H2,1-5H3/t19-,20-,24-/m0/s1. The van der Waals surface area contributed by atoms with Crippen LogP contribution in [-0.4, -0.2) is 72.5 Å². The Morgan fingerprint density at radius 2 is 1.94 bits per heavy atom. The fourth-order valence-corrected chi connectivity index (χ4v) is 5.64. The van der Waals surface area contributed by atoms with Gasteiger partial charge in [-0.15, -0.1) is 0 Å². The first-order chi connectivity index (χ1) is 16.5. The van der Waals surface area contributed by atoms with E-state index in [9.17, 15) is 18.3 Å². The van der Waals surface area contributed by atoms with Crippen LogP contribution in [-0.2, 0) is 10.0 Å². The maximum absolute atomic E-state index is 13.6. The molecule has 0 saturated carbocycles. The van der Waals surface area contributed by atoms with E-state index in [0.717, 1.165) is 0 Å². The molecular formula is C26H33N3O5S. The average molecular weight is 500 g/mol. The first-order valence-electron chi connectivity index (χ1n) is 11.6. The molecule has 1 aromatic heterocycles. The SMILES string of the molecule is CC(C)C#Cc1ccc2c(c1)O[C@@H](CN(C)C(=O)c1ccncc1)[C@@H](C)CN([C@@H](C)CO)S2(=O)=O. The Hall–Kier alpha value is -2.93. The summed E-state index contributed by atoms with van der Waals surface area (Å²) in [4.78, 5) is 18.5. The zero-order valence-corrected chi connectivity index (χ0v) is 21.6. The maximum Gasteiger partial charge on any atom is 0.253 e. The van der Waals surface area contributed by atoms with Crippen molar-refractivity contribution >= 4 is 15.9 Å². The number of hydrogen-bond donors (Lipinski definition) is 1. The van der Waals surface area contributed by atoms with Crippen LogP contribution in [0.2, 0.25) is 0 Å². The summed E-state index contributed by atoms with van der Waals surface area (Å²) in [5, 5.41) is 9.78. The zero-order chi connectivity index (χ0) is 25.8. The predicted octanol–water partition coefficient (Wildman–Crippen LogP) is 2.63. The molecule has 2 aromatic rings. The van der Waals surface area contributed by atoms with Gasteiger partial charge in [-0.05, 0) is 37.3 Å². The molecular weight excluding hydrogens is 466 g/mol. The van der Waals surface area contributed by atoms with Crippen LogP contribution in [0.15, 0.2) is 47.6 Å². The normalized spacial score (nSPS) is 20.4. The Morgan fingerprint density at radius 3 is 2.57 bits per heavy atom. The Labute approximate surface area is 208 Å². The lowest BCUT2D eigenvalue weighted by Gasteiger charge is -2.37. The molecule has 0 bridgehead atoms. The molecule has 3 rings (SSSR count). The summed E-state index contributed by atoms with van der Waals surface area (Å²) in [7, 11) is -2.25. The molecule has 9 heteroatoms. The molecule has 0 radical (unpaired) electrons. The highest BCUT2D eigenvalue weighted by Crippen LogP contribution is 2.34. The van der Waals surface area contributed by atoms with Crippen molar-refractivity contribution in [3.8, 4) is 17.6 Å². The summed E-state index contributed by atoms with van der Waals surface area (Å²) in [5.74, 6) is 6.03. The van der Waals surface area contributed by atoms with Crippen molar-refractivity contribution in [2.45, 2.75) is 44.7 Å². The third kappa shape index (κ3) is 6.20. The number of ether oxygens (including phenoxy) is 1. The molecule has 1 aliphatic rings. The van der Waals surface area contributed by atoms with E-state index in [1.54, 1.807) is 55.5 Å². The van der Waals surface area contributed by atoms with Crippen molar-refractivity contribution in [2.24, 2.45) is 11.8 Å². The van der Waals surface area contributed by atoms with Gasteiger partial charge < -0.3 is 14.7 Å². The molecule has 2 heterocycles. The van der Waals surface area contributed by atoms with Gasteiger partial charge in [-0.1, -0.05) is 32.6 Å². The Kier molecular flexibility index (Phi) is 8.54. The summed E-state index contributed by atoms with van der Waals surface area (Å²) in [5.41, 5.74) is 1.15. The number of carbonyl (C=O) groups excluding carboxylic acids is 1. The van der Waals surface area contributed by atoms with E-state index < -0.39 is 22.2 Å². The van der Waals surface area contributed by atoms with Crippen LogP contribution in [0.25, 0.3) is 0 Å². The lowest BCUT2D eigenvalue weighted by molar-refractivity contribution is 0.0563. The molecule has 35 heavy (non-hydrogen) atoms. The summed E-state index contributed by atoms with van der Waals surface area (Å²) < 4.78 is 34.7. The van der Waals surface area contributed by atoms with Crippen molar-refractivity contribution in [2.75, 3.05) is 26.7 Å². The van der Waals surface area contributed by atoms with Crippen LogP contribution in [0, 0.1) is 23.7 Å². The molecule has 0 aliphatic carbocycles. The first-order valence-corrected chi connectivity index (χ1v) is 13.1. The van der Waals surface area contributed by atoms with Crippen molar-refractivity contribution < 1.29 is 23.1 Å². The second-order valence-corrected chi connectivity index (χ2v) is 11.1. The molecule has 0 saturated heterocycles. The van der Waals surface area contributed by atoms with Crippen molar-refractivity contribution in [1.29, 1.82) is 0 Å². The summed E-state index contributed by atoms with van der Waals surface area (Å²) in [6.45, 7) is 7.57. The van der Waals surface area contributed by atoms with E-state index in [1.165, 1.54) is 10.4 Å². The molecule has 0 spiro atoms. The van der Waals surface area contributed by atoms with Gasteiger partial charge in [0.25, 0.3) is 5.91 Å². The van der Waals surface area contributed by atoms with Crippen LogP contribution < -0.4 is 4.74 Å². The molecule has 3 atom stereocenters. The topological polar surface area (TPSA) is 100 Å². The van der Waals surface area contributed by atoms with Crippen LogP contribution >= 0.6 is 0 Å². The summed E-state index contributed by atoms with van der Waals surface area (Å²) in [6.07, 6.45) is 2.62. The first kappa shape index (κ1) is 26.7. The third-order valence-electron chi connectivity index (χ3n) is 5.90. The number of likely N-dealkylation sites (N-methyl/N-ethyl adjacent to an activating group) is 1. The van der Waals surface area contributed by atoms with Gasteiger partial charge in [0.05, 0.1) is 13.2 Å². The van der Waals surface area contributed by atoms with Crippen molar-refractivity contribution in [3.63, 3.8) is 0 Å². The number of nitrogens with zero attached hydrogens (tertiary/aromatic N) is 3. The number of aliphatic hydroxyl groups is 1. The number of aromatic nitrogens is 1. The minimum absolute atomic E-state index is 0.0212. The zero-order valence-electron chi connectivity index (χ0n) is 20.8. The minimum atomic E-state index is -3.93. The highest BCUT2D eigenvalue weighted by molar-refractivity contribution is 7.89. The fraction of sp³-hybridized carbons (Fsp3) is 0.462. The van der Waals surface area contributed by atoms with E-state index in [2.05, 4.69) is 16.8 Å². The predicted molar refractivity (Wildman–Crippen MR) is 133 cm³/mol. The van der Waals surface area contributed by atoms with Gasteiger partial charge >= 0.3 is 0 Å².